The van der Waals surface area contributed by atoms with Crippen LogP contribution in [0.1, 0.15) is 31.0 Å². The van der Waals surface area contributed by atoms with E-state index in [1.807, 2.05) is 13.8 Å². The van der Waals surface area contributed by atoms with E-state index in [0.717, 1.165) is 5.56 Å². The fourth-order valence-electron chi connectivity index (χ4n) is 2.45. The number of carbonyl (C=O) groups is 1. The molecule has 0 aliphatic heterocycles. The van der Waals surface area contributed by atoms with Gasteiger partial charge in [-0.15, -0.1) is 0 Å². The van der Waals surface area contributed by atoms with Crippen molar-refractivity contribution in [1.82, 2.24) is 0 Å². The van der Waals surface area contributed by atoms with Crippen LogP contribution in [-0.4, -0.2) is 30.5 Å². The SMILES string of the molecule is CCOc1ccc([C@@H](Nc2ccc(C=NN)cc2)C(=O)O)cc1OCC. The highest BCUT2D eigenvalue weighted by Crippen LogP contribution is 2.32. The van der Waals surface area contributed by atoms with Crippen molar-refractivity contribution >= 4 is 17.9 Å². The highest BCUT2D eigenvalue weighted by atomic mass is 16.5. The monoisotopic (exact) mass is 357 g/mol. The molecule has 2 aromatic carbocycles. The van der Waals surface area contributed by atoms with Gasteiger partial charge in [-0.05, 0) is 49.2 Å². The van der Waals surface area contributed by atoms with Gasteiger partial charge in [-0.25, -0.2) is 4.79 Å². The smallest absolute Gasteiger partial charge is 0.330 e. The van der Waals surface area contributed by atoms with Crippen LogP contribution in [0.3, 0.4) is 0 Å². The first-order chi connectivity index (χ1) is 12.6. The van der Waals surface area contributed by atoms with Crippen LogP contribution in [0.2, 0.25) is 0 Å². The number of nitrogens with zero attached hydrogens (tertiary/aromatic N) is 1. The minimum atomic E-state index is -0.996. The molecule has 4 N–H and O–H groups in total. The first-order valence-corrected chi connectivity index (χ1v) is 8.31. The van der Waals surface area contributed by atoms with Gasteiger partial charge in [0.1, 0.15) is 0 Å². The summed E-state index contributed by atoms with van der Waals surface area (Å²) in [6.45, 7) is 4.70. The number of anilines is 1. The number of ether oxygens (including phenoxy) is 2. The van der Waals surface area contributed by atoms with Gasteiger partial charge >= 0.3 is 5.97 Å². The number of nitrogens with one attached hydrogen (secondary N) is 1. The Bertz CT molecular complexity index is 760. The zero-order chi connectivity index (χ0) is 18.9. The van der Waals surface area contributed by atoms with E-state index in [4.69, 9.17) is 15.3 Å². The molecule has 26 heavy (non-hydrogen) atoms. The molecule has 0 radical (unpaired) electrons. The number of hydrogen-bond donors (Lipinski definition) is 3. The van der Waals surface area contributed by atoms with Crippen LogP contribution in [0.5, 0.6) is 11.5 Å². The number of hydrogen-bond acceptors (Lipinski definition) is 6. The van der Waals surface area contributed by atoms with Gasteiger partial charge in [0.2, 0.25) is 0 Å². The number of rotatable bonds is 9. The lowest BCUT2D eigenvalue weighted by atomic mass is 10.1. The fourth-order valence-corrected chi connectivity index (χ4v) is 2.45. The first-order valence-electron chi connectivity index (χ1n) is 8.31. The Morgan fingerprint density at radius 3 is 2.38 bits per heavy atom. The Labute approximate surface area is 152 Å². The lowest BCUT2D eigenvalue weighted by molar-refractivity contribution is -0.138. The highest BCUT2D eigenvalue weighted by Gasteiger charge is 2.21. The number of carboxylic acid groups (broad SMARTS) is 1. The van der Waals surface area contributed by atoms with Crippen molar-refractivity contribution in [2.45, 2.75) is 19.9 Å². The Morgan fingerprint density at radius 2 is 1.81 bits per heavy atom. The first kappa shape index (κ1) is 19.1. The van der Waals surface area contributed by atoms with Crippen LogP contribution in [-0.2, 0) is 4.79 Å². The van der Waals surface area contributed by atoms with Crippen LogP contribution in [0.25, 0.3) is 0 Å². The molecule has 1 atom stereocenters. The summed E-state index contributed by atoms with van der Waals surface area (Å²) in [6, 6.07) is 11.3. The summed E-state index contributed by atoms with van der Waals surface area (Å²) in [5.74, 6) is 5.24. The summed E-state index contributed by atoms with van der Waals surface area (Å²) >= 11 is 0. The predicted octanol–water partition coefficient (Wildman–Crippen LogP) is 3.01. The molecule has 0 saturated carbocycles. The maximum absolute atomic E-state index is 11.8. The molecule has 138 valence electrons. The van der Waals surface area contributed by atoms with Crippen molar-refractivity contribution in [3.63, 3.8) is 0 Å². The summed E-state index contributed by atoms with van der Waals surface area (Å²) in [7, 11) is 0. The van der Waals surface area contributed by atoms with Gasteiger partial charge in [-0.2, -0.15) is 5.10 Å². The van der Waals surface area contributed by atoms with E-state index >= 15 is 0 Å². The zero-order valence-corrected chi connectivity index (χ0v) is 14.8. The molecule has 0 aliphatic rings. The van der Waals surface area contributed by atoms with Gasteiger partial charge in [0.15, 0.2) is 17.5 Å². The van der Waals surface area contributed by atoms with Gasteiger partial charge in [-0.3, -0.25) is 0 Å². The lowest BCUT2D eigenvalue weighted by Crippen LogP contribution is -2.20. The Morgan fingerprint density at radius 1 is 1.15 bits per heavy atom. The Hall–Kier alpha value is -3.22. The molecule has 0 amide bonds. The van der Waals surface area contributed by atoms with Crippen molar-refractivity contribution in [3.05, 3.63) is 53.6 Å². The molecule has 2 rings (SSSR count). The minimum Gasteiger partial charge on any atom is -0.490 e. The summed E-state index contributed by atoms with van der Waals surface area (Å²) in [5.41, 5.74) is 2.06. The summed E-state index contributed by atoms with van der Waals surface area (Å²) in [6.07, 6.45) is 1.51. The molecule has 0 aromatic heterocycles. The second kappa shape index (κ2) is 9.31. The molecule has 0 fully saturated rings. The molecule has 0 unspecified atom stereocenters. The Kier molecular flexibility index (Phi) is 6.84. The maximum Gasteiger partial charge on any atom is 0.330 e. The quantitative estimate of drug-likeness (QED) is 0.362. The second-order valence-corrected chi connectivity index (χ2v) is 5.39. The van der Waals surface area contributed by atoms with E-state index in [1.165, 1.54) is 6.21 Å². The van der Waals surface area contributed by atoms with Gasteiger partial charge in [0.25, 0.3) is 0 Å². The van der Waals surface area contributed by atoms with E-state index in [0.29, 0.717) is 36.0 Å². The molecule has 7 nitrogen and oxygen atoms in total. The summed E-state index contributed by atoms with van der Waals surface area (Å²) in [4.78, 5) is 11.8. The fraction of sp³-hybridized carbons (Fsp3) is 0.263. The number of benzene rings is 2. The number of carboxylic acids is 1. The molecule has 0 heterocycles. The molecule has 0 aliphatic carbocycles. The molecular weight excluding hydrogens is 334 g/mol. The van der Waals surface area contributed by atoms with Crippen LogP contribution in [0.4, 0.5) is 5.69 Å². The van der Waals surface area contributed by atoms with E-state index in [9.17, 15) is 9.90 Å². The predicted molar refractivity (Wildman–Crippen MR) is 101 cm³/mol. The third kappa shape index (κ3) is 4.89. The van der Waals surface area contributed by atoms with E-state index < -0.39 is 12.0 Å². The molecular formula is C19H23N3O4. The van der Waals surface area contributed by atoms with Crippen molar-refractivity contribution in [2.75, 3.05) is 18.5 Å². The molecule has 0 saturated heterocycles. The van der Waals surface area contributed by atoms with Gasteiger partial charge in [0, 0.05) is 5.69 Å². The zero-order valence-electron chi connectivity index (χ0n) is 14.8. The van der Waals surface area contributed by atoms with Crippen molar-refractivity contribution in [3.8, 4) is 11.5 Å². The van der Waals surface area contributed by atoms with Crippen LogP contribution >= 0.6 is 0 Å². The Balaban J connectivity index is 2.28. The third-order valence-electron chi connectivity index (χ3n) is 3.59. The molecule has 2 aromatic rings. The summed E-state index contributed by atoms with van der Waals surface area (Å²) in [5, 5.41) is 16.1. The number of aliphatic carboxylic acids is 1. The average molecular weight is 357 g/mol. The van der Waals surface area contributed by atoms with Crippen LogP contribution in [0, 0.1) is 0 Å². The van der Waals surface area contributed by atoms with Gasteiger partial charge in [0.05, 0.1) is 19.4 Å². The summed E-state index contributed by atoms with van der Waals surface area (Å²) < 4.78 is 11.1. The van der Waals surface area contributed by atoms with Crippen molar-refractivity contribution < 1.29 is 19.4 Å². The highest BCUT2D eigenvalue weighted by molar-refractivity contribution is 5.82. The van der Waals surface area contributed by atoms with E-state index in [2.05, 4.69) is 10.4 Å². The minimum absolute atomic E-state index is 0.457. The standard InChI is InChI=1S/C19H23N3O4/c1-3-25-16-10-7-14(11-17(16)26-4-2)18(19(23)24)22-15-8-5-13(6-9-15)12-21-20/h5-12,18,22H,3-4,20H2,1-2H3,(H,23,24)/t18-/m1/s1. The van der Waals surface area contributed by atoms with Gasteiger partial charge in [-0.1, -0.05) is 18.2 Å². The molecule has 0 bridgehead atoms. The molecule has 7 heteroatoms. The average Bonchev–Trinajstić information content (AvgIpc) is 2.63. The number of nitrogens with two attached hydrogens (primary N) is 1. The van der Waals surface area contributed by atoms with Gasteiger partial charge < -0.3 is 25.7 Å². The third-order valence-corrected chi connectivity index (χ3v) is 3.59. The second-order valence-electron chi connectivity index (χ2n) is 5.39. The lowest BCUT2D eigenvalue weighted by Gasteiger charge is -2.18. The van der Waals surface area contributed by atoms with E-state index in [-0.39, 0.29) is 0 Å². The van der Waals surface area contributed by atoms with Crippen molar-refractivity contribution in [2.24, 2.45) is 10.9 Å². The molecule has 0 spiro atoms. The van der Waals surface area contributed by atoms with Crippen LogP contribution < -0.4 is 20.6 Å². The van der Waals surface area contributed by atoms with E-state index in [1.54, 1.807) is 42.5 Å². The topological polar surface area (TPSA) is 106 Å². The number of hydrazone groups is 1. The largest absolute Gasteiger partial charge is 0.490 e. The maximum atomic E-state index is 11.8. The normalized spacial score (nSPS) is 11.9. The van der Waals surface area contributed by atoms with Crippen molar-refractivity contribution in [1.29, 1.82) is 0 Å². The van der Waals surface area contributed by atoms with Crippen LogP contribution in [0.15, 0.2) is 47.6 Å².